The van der Waals surface area contributed by atoms with E-state index in [2.05, 4.69) is 9.97 Å². The molecule has 1 amide bonds. The fraction of sp³-hybridized carbons (Fsp3) is 0.261. The van der Waals surface area contributed by atoms with Crippen molar-refractivity contribution in [3.63, 3.8) is 0 Å². The molecule has 0 bridgehead atoms. The molecule has 0 spiro atoms. The molecule has 4 rings (SSSR count). The molecule has 2 unspecified atom stereocenters. The Morgan fingerprint density at radius 2 is 1.58 bits per heavy atom. The zero-order valence-electron chi connectivity index (χ0n) is 17.6. The first-order valence-electron chi connectivity index (χ1n) is 9.88. The van der Waals surface area contributed by atoms with Crippen LogP contribution in [0.5, 0.6) is 11.5 Å². The van der Waals surface area contributed by atoms with Crippen LogP contribution in [0.2, 0.25) is 0 Å². The first kappa shape index (κ1) is 20.5. The summed E-state index contributed by atoms with van der Waals surface area (Å²) in [5.74, 6) is 1.32. The quantitative estimate of drug-likeness (QED) is 0.671. The number of rotatable bonds is 4. The van der Waals surface area contributed by atoms with Gasteiger partial charge in [-0.05, 0) is 35.4 Å². The summed E-state index contributed by atoms with van der Waals surface area (Å²) < 4.78 is 10.5. The van der Waals surface area contributed by atoms with Crippen molar-refractivity contribution in [2.24, 2.45) is 0 Å². The first-order valence-corrected chi connectivity index (χ1v) is 9.88. The number of nitrogens with zero attached hydrogens (tertiary/aromatic N) is 2. The lowest BCUT2D eigenvalue weighted by Crippen LogP contribution is -2.45. The summed E-state index contributed by atoms with van der Waals surface area (Å²) in [5, 5.41) is 0. The number of carbonyl (C=O) groups is 1. The highest BCUT2D eigenvalue weighted by atomic mass is 16.5. The molecule has 31 heavy (non-hydrogen) atoms. The highest BCUT2D eigenvalue weighted by Crippen LogP contribution is 2.42. The second kappa shape index (κ2) is 8.14. The van der Waals surface area contributed by atoms with Gasteiger partial charge in [-0.1, -0.05) is 24.3 Å². The summed E-state index contributed by atoms with van der Waals surface area (Å²) in [5.41, 5.74) is 8.21. The summed E-state index contributed by atoms with van der Waals surface area (Å²) in [4.78, 5) is 34.6. The highest BCUT2D eigenvalue weighted by Gasteiger charge is 2.40. The molecule has 3 aromatic rings. The fourth-order valence-corrected chi connectivity index (χ4v) is 4.21. The molecule has 0 saturated heterocycles. The Hall–Kier alpha value is -3.81. The van der Waals surface area contributed by atoms with Crippen LogP contribution in [0.25, 0.3) is 0 Å². The van der Waals surface area contributed by atoms with Crippen molar-refractivity contribution >= 4 is 11.9 Å². The number of H-pyrrole nitrogens is 1. The topological polar surface area (TPSA) is 111 Å². The van der Waals surface area contributed by atoms with Crippen LogP contribution in [0.4, 0.5) is 5.95 Å². The van der Waals surface area contributed by atoms with E-state index in [1.807, 2.05) is 48.5 Å². The van der Waals surface area contributed by atoms with Gasteiger partial charge in [0.1, 0.15) is 11.5 Å². The Balaban J connectivity index is 1.92. The van der Waals surface area contributed by atoms with Crippen LogP contribution in [0.15, 0.2) is 53.3 Å². The maximum atomic E-state index is 12.9. The SMILES string of the molecule is COc1ccc(C2Cc3nc(N)[nH]c(=O)c3C(c3ccc(OC)cc3)N2C(C)=O)cc1. The van der Waals surface area contributed by atoms with Crippen LogP contribution in [-0.4, -0.2) is 35.0 Å². The Morgan fingerprint density at radius 3 is 2.10 bits per heavy atom. The molecule has 8 heteroatoms. The second-order valence-corrected chi connectivity index (χ2v) is 7.41. The average Bonchev–Trinajstić information content (AvgIpc) is 2.77. The molecule has 1 aliphatic rings. The first-order chi connectivity index (χ1) is 14.9. The number of nitrogens with one attached hydrogen (secondary N) is 1. The second-order valence-electron chi connectivity index (χ2n) is 7.41. The molecule has 0 aliphatic carbocycles. The molecule has 160 valence electrons. The third kappa shape index (κ3) is 3.72. The van der Waals surface area contributed by atoms with Crippen molar-refractivity contribution in [1.29, 1.82) is 0 Å². The number of hydrogen-bond donors (Lipinski definition) is 2. The molecule has 1 aromatic heterocycles. The summed E-state index contributed by atoms with van der Waals surface area (Å²) in [6.07, 6.45) is 0.377. The van der Waals surface area contributed by atoms with Crippen LogP contribution < -0.4 is 20.8 Å². The monoisotopic (exact) mass is 420 g/mol. The van der Waals surface area contributed by atoms with Crippen LogP contribution in [0.3, 0.4) is 0 Å². The smallest absolute Gasteiger partial charge is 0.258 e. The lowest BCUT2D eigenvalue weighted by molar-refractivity contribution is -0.134. The number of aromatic nitrogens is 2. The zero-order chi connectivity index (χ0) is 22.1. The third-order valence-corrected chi connectivity index (χ3v) is 5.62. The number of nitrogens with two attached hydrogens (primary N) is 1. The van der Waals surface area contributed by atoms with Gasteiger partial charge in [0.15, 0.2) is 0 Å². The van der Waals surface area contributed by atoms with Crippen molar-refractivity contribution in [3.05, 3.63) is 81.3 Å². The van der Waals surface area contributed by atoms with Crippen LogP contribution in [0.1, 0.15) is 41.4 Å². The van der Waals surface area contributed by atoms with Crippen molar-refractivity contribution in [2.75, 3.05) is 20.0 Å². The number of hydrogen-bond acceptors (Lipinski definition) is 6. The number of aromatic amines is 1. The lowest BCUT2D eigenvalue weighted by Gasteiger charge is -2.42. The Bertz CT molecular complexity index is 1160. The predicted molar refractivity (Wildman–Crippen MR) is 116 cm³/mol. The summed E-state index contributed by atoms with van der Waals surface area (Å²) in [6.45, 7) is 1.51. The van der Waals surface area contributed by atoms with Crippen molar-refractivity contribution in [2.45, 2.75) is 25.4 Å². The Labute approximate surface area is 179 Å². The largest absolute Gasteiger partial charge is 0.497 e. The van der Waals surface area contributed by atoms with Crippen molar-refractivity contribution < 1.29 is 14.3 Å². The normalized spacial score (nSPS) is 17.7. The van der Waals surface area contributed by atoms with E-state index < -0.39 is 6.04 Å². The van der Waals surface area contributed by atoms with Crippen LogP contribution in [0, 0.1) is 0 Å². The molecular formula is C23H24N4O4. The minimum absolute atomic E-state index is 0.0574. The van der Waals surface area contributed by atoms with Gasteiger partial charge in [0.05, 0.1) is 37.6 Å². The molecule has 3 N–H and O–H groups in total. The van der Waals surface area contributed by atoms with E-state index in [1.165, 1.54) is 6.92 Å². The molecule has 0 saturated carbocycles. The number of fused-ring (bicyclic) bond motifs is 1. The van der Waals surface area contributed by atoms with E-state index in [-0.39, 0.29) is 23.5 Å². The van der Waals surface area contributed by atoms with Gasteiger partial charge in [0, 0.05) is 13.3 Å². The highest BCUT2D eigenvalue weighted by molar-refractivity contribution is 5.76. The van der Waals surface area contributed by atoms with E-state index >= 15 is 0 Å². The number of methoxy groups -OCH3 is 2. The van der Waals surface area contributed by atoms with Gasteiger partial charge >= 0.3 is 0 Å². The maximum Gasteiger partial charge on any atom is 0.258 e. The molecule has 2 aromatic carbocycles. The molecular weight excluding hydrogens is 396 g/mol. The van der Waals surface area contributed by atoms with Crippen LogP contribution in [-0.2, 0) is 11.2 Å². The number of anilines is 1. The summed E-state index contributed by atoms with van der Waals surface area (Å²) in [7, 11) is 3.19. The van der Waals surface area contributed by atoms with Gasteiger partial charge < -0.3 is 20.1 Å². The van der Waals surface area contributed by atoms with E-state index in [0.717, 1.165) is 16.9 Å². The molecule has 0 fully saturated rings. The van der Waals surface area contributed by atoms with Gasteiger partial charge in [0.2, 0.25) is 11.9 Å². The lowest BCUT2D eigenvalue weighted by atomic mass is 9.85. The number of amides is 1. The van der Waals surface area contributed by atoms with E-state index in [4.69, 9.17) is 15.2 Å². The van der Waals surface area contributed by atoms with Gasteiger partial charge in [-0.15, -0.1) is 0 Å². The Morgan fingerprint density at radius 1 is 1.03 bits per heavy atom. The van der Waals surface area contributed by atoms with E-state index in [1.54, 1.807) is 19.1 Å². The van der Waals surface area contributed by atoms with Gasteiger partial charge in [-0.3, -0.25) is 14.6 Å². The molecule has 1 aliphatic heterocycles. The van der Waals surface area contributed by atoms with Crippen molar-refractivity contribution in [3.8, 4) is 11.5 Å². The fourth-order valence-electron chi connectivity index (χ4n) is 4.21. The van der Waals surface area contributed by atoms with Gasteiger partial charge in [-0.25, -0.2) is 4.98 Å². The number of nitrogen functional groups attached to an aromatic ring is 1. The van der Waals surface area contributed by atoms with Crippen LogP contribution >= 0.6 is 0 Å². The average molecular weight is 420 g/mol. The standard InChI is InChI=1S/C23H24N4O4/c1-13(28)27-19(14-4-8-16(30-2)9-5-14)12-18-20(22(29)26-23(24)25-18)21(27)15-6-10-17(31-3)11-7-15/h4-11,19,21H,12H2,1-3H3,(H3,24,25,26,29). The van der Waals surface area contributed by atoms with E-state index in [0.29, 0.717) is 23.4 Å². The number of carbonyl (C=O) groups excluding carboxylic acids is 1. The number of ether oxygens (including phenoxy) is 2. The molecule has 8 nitrogen and oxygen atoms in total. The Kier molecular flexibility index (Phi) is 5.37. The maximum absolute atomic E-state index is 12.9. The molecule has 2 atom stereocenters. The van der Waals surface area contributed by atoms with Crippen molar-refractivity contribution in [1.82, 2.24) is 14.9 Å². The predicted octanol–water partition coefficient (Wildman–Crippen LogP) is 2.60. The van der Waals surface area contributed by atoms with E-state index in [9.17, 15) is 9.59 Å². The minimum atomic E-state index is -0.615. The van der Waals surface area contributed by atoms with Gasteiger partial charge in [-0.2, -0.15) is 0 Å². The minimum Gasteiger partial charge on any atom is -0.497 e. The van der Waals surface area contributed by atoms with Gasteiger partial charge in [0.25, 0.3) is 5.56 Å². The number of benzene rings is 2. The summed E-state index contributed by atoms with van der Waals surface area (Å²) in [6, 6.07) is 13.9. The molecule has 0 radical (unpaired) electrons. The third-order valence-electron chi connectivity index (χ3n) is 5.62. The zero-order valence-corrected chi connectivity index (χ0v) is 17.6. The summed E-state index contributed by atoms with van der Waals surface area (Å²) >= 11 is 0. The molecule has 2 heterocycles.